The fraction of sp³-hybridized carbons (Fsp3) is 0.200. The quantitative estimate of drug-likeness (QED) is 0.770. The Morgan fingerprint density at radius 2 is 1.82 bits per heavy atom. The average Bonchev–Trinajstić information content (AvgIpc) is 2.33. The van der Waals surface area contributed by atoms with Crippen molar-refractivity contribution >= 4 is 22.6 Å². The van der Waals surface area contributed by atoms with Gasteiger partial charge in [0.1, 0.15) is 5.75 Å². The molecule has 0 amide bonds. The molecule has 2 aromatic carbocycles. The van der Waals surface area contributed by atoms with Gasteiger partial charge in [-0.25, -0.2) is 0 Å². The highest BCUT2D eigenvalue weighted by Crippen LogP contribution is 2.35. The Bertz CT molecular complexity index is 519. The van der Waals surface area contributed by atoms with Crippen LogP contribution in [0.4, 0.5) is 0 Å². The molecule has 1 unspecified atom stereocenters. The highest BCUT2D eigenvalue weighted by atomic mass is 127. The molecule has 1 aliphatic rings. The van der Waals surface area contributed by atoms with Crippen LogP contribution in [0.5, 0.6) is 5.75 Å². The predicted octanol–water partition coefficient (Wildman–Crippen LogP) is 4.01. The van der Waals surface area contributed by atoms with Gasteiger partial charge in [0, 0.05) is 9.49 Å². The maximum absolute atomic E-state index is 5.82. The molecule has 0 saturated carbocycles. The van der Waals surface area contributed by atoms with Crippen LogP contribution >= 0.6 is 22.6 Å². The van der Waals surface area contributed by atoms with E-state index in [1.165, 1.54) is 14.7 Å². The number of rotatable bonds is 3. The van der Waals surface area contributed by atoms with Gasteiger partial charge >= 0.3 is 0 Å². The molecule has 86 valence electrons. The van der Waals surface area contributed by atoms with Crippen molar-refractivity contribution in [2.45, 2.75) is 12.3 Å². The molecule has 0 heterocycles. The van der Waals surface area contributed by atoms with Crippen LogP contribution in [-0.2, 0) is 6.42 Å². The minimum Gasteiger partial charge on any atom is -0.493 e. The minimum atomic E-state index is 0.575. The first-order valence-electron chi connectivity index (χ1n) is 5.79. The third kappa shape index (κ3) is 2.32. The zero-order chi connectivity index (χ0) is 11.7. The summed E-state index contributed by atoms with van der Waals surface area (Å²) >= 11 is 2.30. The Kier molecular flexibility index (Phi) is 3.05. The lowest BCUT2D eigenvalue weighted by Gasteiger charge is -2.29. The standard InChI is InChI=1S/C15H13IO/c16-13-5-7-14(8-6-13)17-10-12-9-11-3-1-2-4-15(11)12/h1-8,12H,9-10H2. The third-order valence-corrected chi connectivity index (χ3v) is 3.95. The normalized spacial score (nSPS) is 17.1. The summed E-state index contributed by atoms with van der Waals surface area (Å²) in [6.45, 7) is 0.789. The van der Waals surface area contributed by atoms with Crippen LogP contribution in [0.25, 0.3) is 0 Å². The van der Waals surface area contributed by atoms with E-state index >= 15 is 0 Å². The van der Waals surface area contributed by atoms with Gasteiger partial charge in [0.15, 0.2) is 0 Å². The first kappa shape index (κ1) is 11.1. The molecule has 0 fully saturated rings. The summed E-state index contributed by atoms with van der Waals surface area (Å²) in [6, 6.07) is 16.8. The maximum atomic E-state index is 5.82. The highest BCUT2D eigenvalue weighted by Gasteiger charge is 2.25. The Hall–Kier alpha value is -1.03. The lowest BCUT2D eigenvalue weighted by atomic mass is 9.78. The number of hydrogen-bond donors (Lipinski definition) is 0. The molecule has 17 heavy (non-hydrogen) atoms. The summed E-state index contributed by atoms with van der Waals surface area (Å²) in [6.07, 6.45) is 1.15. The van der Waals surface area contributed by atoms with Crippen molar-refractivity contribution < 1.29 is 4.74 Å². The van der Waals surface area contributed by atoms with E-state index in [2.05, 4.69) is 59.0 Å². The van der Waals surface area contributed by atoms with Gasteiger partial charge in [-0.15, -0.1) is 0 Å². The van der Waals surface area contributed by atoms with Gasteiger partial charge in [-0.05, 0) is 64.4 Å². The van der Waals surface area contributed by atoms with Crippen LogP contribution in [-0.4, -0.2) is 6.61 Å². The largest absolute Gasteiger partial charge is 0.493 e. The second kappa shape index (κ2) is 4.69. The molecule has 0 saturated heterocycles. The minimum absolute atomic E-state index is 0.575. The molecule has 1 aliphatic carbocycles. The summed E-state index contributed by atoms with van der Waals surface area (Å²) in [5.74, 6) is 1.54. The summed E-state index contributed by atoms with van der Waals surface area (Å²) in [5.41, 5.74) is 2.93. The Morgan fingerprint density at radius 3 is 2.59 bits per heavy atom. The summed E-state index contributed by atoms with van der Waals surface area (Å²) in [7, 11) is 0. The van der Waals surface area contributed by atoms with E-state index < -0.39 is 0 Å². The molecule has 2 aromatic rings. The summed E-state index contributed by atoms with van der Waals surface area (Å²) in [5, 5.41) is 0. The van der Waals surface area contributed by atoms with E-state index in [1.807, 2.05) is 12.1 Å². The van der Waals surface area contributed by atoms with E-state index in [9.17, 15) is 0 Å². The van der Waals surface area contributed by atoms with E-state index in [1.54, 1.807) is 0 Å². The molecular formula is C15H13IO. The number of ether oxygens (including phenoxy) is 1. The Labute approximate surface area is 115 Å². The van der Waals surface area contributed by atoms with Crippen LogP contribution in [0.3, 0.4) is 0 Å². The van der Waals surface area contributed by atoms with Crippen LogP contribution in [0.1, 0.15) is 17.0 Å². The molecule has 1 nitrogen and oxygen atoms in total. The summed E-state index contributed by atoms with van der Waals surface area (Å²) < 4.78 is 7.06. The Morgan fingerprint density at radius 1 is 1.06 bits per heavy atom. The first-order chi connectivity index (χ1) is 8.33. The SMILES string of the molecule is Ic1ccc(OCC2Cc3ccccc32)cc1. The molecular weight excluding hydrogens is 323 g/mol. The van der Waals surface area contributed by atoms with E-state index in [0.717, 1.165) is 18.8 Å². The molecule has 0 aromatic heterocycles. The molecule has 1 atom stereocenters. The molecule has 3 rings (SSSR count). The van der Waals surface area contributed by atoms with Crippen LogP contribution in [0.2, 0.25) is 0 Å². The van der Waals surface area contributed by atoms with Crippen molar-refractivity contribution in [3.63, 3.8) is 0 Å². The van der Waals surface area contributed by atoms with Gasteiger partial charge in [0.2, 0.25) is 0 Å². The monoisotopic (exact) mass is 336 g/mol. The van der Waals surface area contributed by atoms with Gasteiger partial charge in [0.25, 0.3) is 0 Å². The fourth-order valence-electron chi connectivity index (χ4n) is 2.24. The lowest BCUT2D eigenvalue weighted by molar-refractivity contribution is 0.275. The number of benzene rings is 2. The average molecular weight is 336 g/mol. The lowest BCUT2D eigenvalue weighted by Crippen LogP contribution is -2.23. The topological polar surface area (TPSA) is 9.23 Å². The molecule has 0 N–H and O–H groups in total. The number of hydrogen-bond acceptors (Lipinski definition) is 1. The molecule has 2 heteroatoms. The third-order valence-electron chi connectivity index (χ3n) is 3.23. The fourth-order valence-corrected chi connectivity index (χ4v) is 2.60. The van der Waals surface area contributed by atoms with Gasteiger partial charge in [0.05, 0.1) is 6.61 Å². The zero-order valence-electron chi connectivity index (χ0n) is 9.40. The predicted molar refractivity (Wildman–Crippen MR) is 77.5 cm³/mol. The van der Waals surface area contributed by atoms with Gasteiger partial charge in [-0.2, -0.15) is 0 Å². The van der Waals surface area contributed by atoms with Gasteiger partial charge < -0.3 is 4.74 Å². The van der Waals surface area contributed by atoms with Crippen molar-refractivity contribution in [1.29, 1.82) is 0 Å². The molecule has 0 radical (unpaired) electrons. The van der Waals surface area contributed by atoms with Crippen molar-refractivity contribution in [2.24, 2.45) is 0 Å². The highest BCUT2D eigenvalue weighted by molar-refractivity contribution is 14.1. The second-order valence-electron chi connectivity index (χ2n) is 4.36. The first-order valence-corrected chi connectivity index (χ1v) is 6.87. The van der Waals surface area contributed by atoms with Gasteiger partial charge in [-0.1, -0.05) is 24.3 Å². The van der Waals surface area contributed by atoms with E-state index in [4.69, 9.17) is 4.74 Å². The van der Waals surface area contributed by atoms with Crippen LogP contribution in [0, 0.1) is 3.57 Å². The van der Waals surface area contributed by atoms with Crippen molar-refractivity contribution in [2.75, 3.05) is 6.61 Å². The Balaban J connectivity index is 1.62. The maximum Gasteiger partial charge on any atom is 0.119 e. The van der Waals surface area contributed by atoms with Crippen molar-refractivity contribution in [3.05, 3.63) is 63.2 Å². The van der Waals surface area contributed by atoms with Gasteiger partial charge in [-0.3, -0.25) is 0 Å². The van der Waals surface area contributed by atoms with Crippen LogP contribution < -0.4 is 4.74 Å². The van der Waals surface area contributed by atoms with Crippen molar-refractivity contribution in [1.82, 2.24) is 0 Å². The smallest absolute Gasteiger partial charge is 0.119 e. The van der Waals surface area contributed by atoms with E-state index in [0.29, 0.717) is 5.92 Å². The van der Waals surface area contributed by atoms with Crippen LogP contribution in [0.15, 0.2) is 48.5 Å². The zero-order valence-corrected chi connectivity index (χ0v) is 11.6. The number of halogens is 1. The molecule has 0 aliphatic heterocycles. The second-order valence-corrected chi connectivity index (χ2v) is 5.61. The van der Waals surface area contributed by atoms with E-state index in [-0.39, 0.29) is 0 Å². The molecule has 0 spiro atoms. The van der Waals surface area contributed by atoms with Crippen molar-refractivity contribution in [3.8, 4) is 5.75 Å². The summed E-state index contributed by atoms with van der Waals surface area (Å²) in [4.78, 5) is 0. The molecule has 0 bridgehead atoms. The number of fused-ring (bicyclic) bond motifs is 1.